The number of hydrogen-bond donors (Lipinski definition) is 0. The molecule has 3 heteroatoms. The van der Waals surface area contributed by atoms with Gasteiger partial charge in [0.15, 0.2) is 0 Å². The summed E-state index contributed by atoms with van der Waals surface area (Å²) in [7, 11) is 0. The van der Waals surface area contributed by atoms with Gasteiger partial charge in [-0.3, -0.25) is 0 Å². The molecule has 4 aromatic rings. The van der Waals surface area contributed by atoms with Crippen molar-refractivity contribution in [1.29, 1.82) is 0 Å². The van der Waals surface area contributed by atoms with Crippen LogP contribution in [0.1, 0.15) is 53.1 Å². The molecule has 0 aromatic heterocycles. The molecular formula is C35H32Cl2Zr. The second-order valence-electron chi connectivity index (χ2n) is 10.9. The second kappa shape index (κ2) is 11.8. The summed E-state index contributed by atoms with van der Waals surface area (Å²) in [4.78, 5) is 0. The fourth-order valence-corrected chi connectivity index (χ4v) is 16.2. The van der Waals surface area contributed by atoms with Crippen LogP contribution in [0.2, 0.25) is 0 Å². The summed E-state index contributed by atoms with van der Waals surface area (Å²) in [6.07, 6.45) is 5.96. The van der Waals surface area contributed by atoms with E-state index in [-0.39, 0.29) is 30.2 Å². The van der Waals surface area contributed by atoms with Crippen molar-refractivity contribution in [3.63, 3.8) is 0 Å². The Kier molecular flexibility index (Phi) is 8.94. The van der Waals surface area contributed by atoms with Gasteiger partial charge < -0.3 is 24.8 Å². The minimum Gasteiger partial charge on any atom is -1.00 e. The van der Waals surface area contributed by atoms with E-state index in [1.807, 2.05) is 0 Å². The zero-order valence-electron chi connectivity index (χ0n) is 22.1. The van der Waals surface area contributed by atoms with Gasteiger partial charge in [0, 0.05) is 0 Å². The molecule has 0 fully saturated rings. The summed E-state index contributed by atoms with van der Waals surface area (Å²) in [5.74, 6) is 0. The fraction of sp³-hybridized carbons (Fsp3) is 0.171. The molecule has 0 nitrogen and oxygen atoms in total. The SMILES string of the molecule is CC(C)(C)C1=[C]([Zr+2](=[C](c2ccccc2)c2ccccc2)[CH]2c3ccccc3-c3ccccc32)CC=C1.[Cl-].[Cl-]. The van der Waals surface area contributed by atoms with Crippen molar-refractivity contribution >= 4 is 3.21 Å². The largest absolute Gasteiger partial charge is 1.00 e. The Morgan fingerprint density at radius 2 is 1.08 bits per heavy atom. The molecule has 6 rings (SSSR count). The Morgan fingerprint density at radius 3 is 1.55 bits per heavy atom. The molecule has 0 saturated carbocycles. The molecule has 0 N–H and O–H groups in total. The van der Waals surface area contributed by atoms with Crippen molar-refractivity contribution in [3.05, 3.63) is 152 Å². The van der Waals surface area contributed by atoms with E-state index in [2.05, 4.69) is 142 Å². The second-order valence-corrected chi connectivity index (χ2v) is 17.0. The molecule has 0 spiro atoms. The minimum atomic E-state index is -2.65. The van der Waals surface area contributed by atoms with Gasteiger partial charge in [0.05, 0.1) is 0 Å². The average molecular weight is 615 g/mol. The van der Waals surface area contributed by atoms with Crippen molar-refractivity contribution in [2.45, 2.75) is 30.8 Å². The monoisotopic (exact) mass is 612 g/mol. The van der Waals surface area contributed by atoms with Gasteiger partial charge in [-0.05, 0) is 0 Å². The van der Waals surface area contributed by atoms with E-state index in [4.69, 9.17) is 0 Å². The third kappa shape index (κ3) is 5.14. The summed E-state index contributed by atoms with van der Waals surface area (Å²) in [6, 6.07) is 40.9. The van der Waals surface area contributed by atoms with Gasteiger partial charge >= 0.3 is 224 Å². The van der Waals surface area contributed by atoms with E-state index in [9.17, 15) is 0 Å². The maximum atomic E-state index is 2.44. The summed E-state index contributed by atoms with van der Waals surface area (Å²) in [5, 5.41) is 0. The first-order chi connectivity index (χ1) is 17.5. The molecule has 0 amide bonds. The normalized spacial score (nSPS) is 13.6. The van der Waals surface area contributed by atoms with E-state index >= 15 is 0 Å². The first-order valence-electron chi connectivity index (χ1n) is 13.0. The molecule has 0 bridgehead atoms. The van der Waals surface area contributed by atoms with Crippen LogP contribution in [0.25, 0.3) is 11.1 Å². The molecule has 2 aliphatic rings. The first kappa shape index (κ1) is 28.7. The molecule has 38 heavy (non-hydrogen) atoms. The molecule has 0 radical (unpaired) electrons. The van der Waals surface area contributed by atoms with Crippen LogP contribution >= 0.6 is 0 Å². The molecular weight excluding hydrogens is 583 g/mol. The first-order valence-corrected chi connectivity index (χ1v) is 16.9. The summed E-state index contributed by atoms with van der Waals surface area (Å²) < 4.78 is 3.84. The van der Waals surface area contributed by atoms with Gasteiger partial charge in [0.2, 0.25) is 0 Å². The van der Waals surface area contributed by atoms with Crippen molar-refractivity contribution in [2.24, 2.45) is 5.41 Å². The van der Waals surface area contributed by atoms with Crippen LogP contribution < -0.4 is 24.8 Å². The van der Waals surface area contributed by atoms with Crippen LogP contribution in [0.5, 0.6) is 0 Å². The maximum Gasteiger partial charge on any atom is -1.00 e. The van der Waals surface area contributed by atoms with Crippen LogP contribution in [0.3, 0.4) is 0 Å². The summed E-state index contributed by atoms with van der Waals surface area (Å²) >= 11 is -2.65. The standard InChI is InChI=1S/C13H9.C13H10.C9H13.2ClH.Zr/c1-3-7-12-10(5-1)9-11-6-2-4-8-13(11)12;1-3-7-12(8-4-1)11-13-9-5-2-6-10-13;1-9(2,3)8-6-4-5-7-8;;;/h1-9H;1-10H;4,6H,5H2,1-3H3;2*1H;/q;;;;;+2/p-2. The number of hydrogen-bond acceptors (Lipinski definition) is 0. The zero-order chi connectivity index (χ0) is 24.7. The smallest absolute Gasteiger partial charge is 1.00 e. The fourth-order valence-electron chi connectivity index (χ4n) is 6.09. The quantitative estimate of drug-likeness (QED) is 0.332. The summed E-state index contributed by atoms with van der Waals surface area (Å²) in [6.45, 7) is 7.17. The molecule has 0 saturated heterocycles. The molecule has 0 heterocycles. The maximum absolute atomic E-state index is 2.65. The number of rotatable bonds is 4. The van der Waals surface area contributed by atoms with Crippen LogP contribution in [-0.4, -0.2) is 3.21 Å². The molecule has 4 aromatic carbocycles. The predicted molar refractivity (Wildman–Crippen MR) is 150 cm³/mol. The average Bonchev–Trinajstić information content (AvgIpc) is 3.52. The third-order valence-electron chi connectivity index (χ3n) is 7.58. The van der Waals surface area contributed by atoms with E-state index in [0.717, 1.165) is 6.42 Å². The van der Waals surface area contributed by atoms with Crippen molar-refractivity contribution < 1.29 is 46.1 Å². The van der Waals surface area contributed by atoms with Crippen LogP contribution in [0, 0.1) is 5.41 Å². The third-order valence-corrected chi connectivity index (χ3v) is 16.0. The van der Waals surface area contributed by atoms with E-state index < -0.39 is 21.3 Å². The van der Waals surface area contributed by atoms with Crippen molar-refractivity contribution in [3.8, 4) is 11.1 Å². The van der Waals surface area contributed by atoms with E-state index in [1.54, 1.807) is 12.1 Å². The van der Waals surface area contributed by atoms with Gasteiger partial charge in [-0.15, -0.1) is 0 Å². The molecule has 0 aliphatic heterocycles. The number of allylic oxidation sites excluding steroid dienone is 4. The summed E-state index contributed by atoms with van der Waals surface area (Å²) in [5.41, 5.74) is 10.4. The zero-order valence-corrected chi connectivity index (χ0v) is 26.1. The molecule has 190 valence electrons. The van der Waals surface area contributed by atoms with Crippen molar-refractivity contribution in [2.75, 3.05) is 0 Å². The van der Waals surface area contributed by atoms with Gasteiger partial charge in [0.25, 0.3) is 0 Å². The van der Waals surface area contributed by atoms with Gasteiger partial charge in [-0.1, -0.05) is 0 Å². The van der Waals surface area contributed by atoms with Gasteiger partial charge in [-0.25, -0.2) is 0 Å². The van der Waals surface area contributed by atoms with Crippen LogP contribution in [0.4, 0.5) is 0 Å². The van der Waals surface area contributed by atoms with Gasteiger partial charge in [-0.2, -0.15) is 0 Å². The topological polar surface area (TPSA) is 0 Å². The van der Waals surface area contributed by atoms with E-state index in [1.165, 1.54) is 33.4 Å². The number of fused-ring (bicyclic) bond motifs is 3. The van der Waals surface area contributed by atoms with Crippen molar-refractivity contribution in [1.82, 2.24) is 0 Å². The Hall–Kier alpha value is -2.31. The minimum absolute atomic E-state index is 0. The molecule has 0 atom stereocenters. The predicted octanol–water partition coefficient (Wildman–Crippen LogP) is 2.91. The Morgan fingerprint density at radius 1 is 0.632 bits per heavy atom. The number of halogens is 2. The van der Waals surface area contributed by atoms with Crippen LogP contribution in [0.15, 0.2) is 130 Å². The van der Waals surface area contributed by atoms with E-state index in [0.29, 0.717) is 3.63 Å². The molecule has 0 unspecified atom stereocenters. The van der Waals surface area contributed by atoms with Crippen LogP contribution in [-0.2, 0) is 21.3 Å². The van der Waals surface area contributed by atoms with Gasteiger partial charge in [0.1, 0.15) is 0 Å². The Labute approximate surface area is 247 Å². The Balaban J connectivity index is 0.00000168. The number of benzene rings is 4. The Bertz CT molecular complexity index is 1440. The molecule has 2 aliphatic carbocycles.